The number of terminal acetylenes is 1. The first-order valence-electron chi connectivity index (χ1n) is 5.67. The van der Waals surface area contributed by atoms with Crippen LogP contribution >= 0.6 is 11.3 Å². The fourth-order valence-corrected chi connectivity index (χ4v) is 2.28. The molecule has 1 amide bonds. The van der Waals surface area contributed by atoms with Crippen molar-refractivity contribution in [3.63, 3.8) is 0 Å². The molecule has 0 aliphatic carbocycles. The molecule has 0 fully saturated rings. The number of thiophene rings is 1. The molecule has 1 heterocycles. The number of amides is 1. The summed E-state index contributed by atoms with van der Waals surface area (Å²) in [6, 6.07) is 3.87. The molecule has 19 heavy (non-hydrogen) atoms. The minimum Gasteiger partial charge on any atom is -0.480 e. The van der Waals surface area contributed by atoms with Gasteiger partial charge in [0.1, 0.15) is 0 Å². The van der Waals surface area contributed by atoms with E-state index in [9.17, 15) is 9.59 Å². The molecule has 6 heteroatoms. The van der Waals surface area contributed by atoms with Crippen molar-refractivity contribution < 1.29 is 14.7 Å². The van der Waals surface area contributed by atoms with Gasteiger partial charge in [0.15, 0.2) is 0 Å². The van der Waals surface area contributed by atoms with Crippen LogP contribution in [0, 0.1) is 12.3 Å². The molecule has 1 N–H and O–H groups in total. The van der Waals surface area contributed by atoms with Gasteiger partial charge in [-0.2, -0.15) is 0 Å². The molecule has 0 spiro atoms. The minimum absolute atomic E-state index is 0.0123. The van der Waals surface area contributed by atoms with E-state index in [4.69, 9.17) is 11.5 Å². The van der Waals surface area contributed by atoms with Crippen LogP contribution in [0.1, 0.15) is 4.88 Å². The van der Waals surface area contributed by atoms with Crippen molar-refractivity contribution >= 4 is 23.2 Å². The van der Waals surface area contributed by atoms with Crippen molar-refractivity contribution in [3.8, 4) is 12.3 Å². The first kappa shape index (κ1) is 15.2. The SMILES string of the molecule is C#CCN(CC(=O)O)CC(=O)N(C)Cc1cccs1. The number of likely N-dealkylation sites (N-methyl/N-ethyl adjacent to an activating group) is 1. The fourth-order valence-electron chi connectivity index (χ4n) is 1.52. The van der Waals surface area contributed by atoms with Crippen LogP contribution in [0.4, 0.5) is 0 Å². The smallest absolute Gasteiger partial charge is 0.317 e. The average molecular weight is 280 g/mol. The Labute approximate surface area is 116 Å². The standard InChI is InChI=1S/C13H16N2O3S/c1-3-6-15(10-13(17)18)9-12(16)14(2)8-11-5-4-7-19-11/h1,4-5,7H,6,8-10H2,2H3,(H,17,18). The Morgan fingerprint density at radius 1 is 1.47 bits per heavy atom. The van der Waals surface area contributed by atoms with Gasteiger partial charge in [-0.05, 0) is 11.4 Å². The number of carbonyl (C=O) groups excluding carboxylic acids is 1. The Hall–Kier alpha value is -1.84. The molecule has 1 rings (SSSR count). The van der Waals surface area contributed by atoms with Gasteiger partial charge in [0.25, 0.3) is 0 Å². The lowest BCUT2D eigenvalue weighted by Crippen LogP contribution is -2.40. The monoisotopic (exact) mass is 280 g/mol. The molecule has 0 bridgehead atoms. The zero-order valence-electron chi connectivity index (χ0n) is 10.7. The summed E-state index contributed by atoms with van der Waals surface area (Å²) >= 11 is 1.57. The Bertz CT molecular complexity index is 465. The molecule has 1 aromatic rings. The largest absolute Gasteiger partial charge is 0.480 e. The molecule has 0 aromatic carbocycles. The van der Waals surface area contributed by atoms with Crippen LogP contribution in [0.2, 0.25) is 0 Å². The van der Waals surface area contributed by atoms with Gasteiger partial charge in [-0.15, -0.1) is 17.8 Å². The highest BCUT2D eigenvalue weighted by Crippen LogP contribution is 2.10. The number of hydrogen-bond acceptors (Lipinski definition) is 4. The minimum atomic E-state index is -0.996. The maximum atomic E-state index is 12.0. The van der Waals surface area contributed by atoms with E-state index in [0.29, 0.717) is 6.54 Å². The summed E-state index contributed by atoms with van der Waals surface area (Å²) in [7, 11) is 1.69. The van der Waals surface area contributed by atoms with Crippen LogP contribution in [-0.2, 0) is 16.1 Å². The normalized spacial score (nSPS) is 10.2. The maximum Gasteiger partial charge on any atom is 0.317 e. The third kappa shape index (κ3) is 5.55. The summed E-state index contributed by atoms with van der Waals surface area (Å²) in [5.74, 6) is 1.21. The number of carboxylic acids is 1. The van der Waals surface area contributed by atoms with Crippen molar-refractivity contribution in [2.24, 2.45) is 0 Å². The summed E-state index contributed by atoms with van der Waals surface area (Å²) in [4.78, 5) is 26.7. The molecule has 0 aliphatic heterocycles. The van der Waals surface area contributed by atoms with Crippen LogP contribution in [0.25, 0.3) is 0 Å². The van der Waals surface area contributed by atoms with Gasteiger partial charge >= 0.3 is 5.97 Å². The number of rotatable bonds is 7. The van der Waals surface area contributed by atoms with E-state index in [2.05, 4.69) is 5.92 Å². The fraction of sp³-hybridized carbons (Fsp3) is 0.385. The van der Waals surface area contributed by atoms with Crippen LogP contribution in [0.15, 0.2) is 17.5 Å². The first-order chi connectivity index (χ1) is 9.02. The molecule has 0 saturated heterocycles. The lowest BCUT2D eigenvalue weighted by atomic mass is 10.3. The van der Waals surface area contributed by atoms with Gasteiger partial charge in [0.05, 0.1) is 26.2 Å². The number of hydrogen-bond donors (Lipinski definition) is 1. The lowest BCUT2D eigenvalue weighted by molar-refractivity contribution is -0.139. The van der Waals surface area contributed by atoms with E-state index in [0.717, 1.165) is 4.88 Å². The molecular weight excluding hydrogens is 264 g/mol. The molecule has 0 saturated carbocycles. The van der Waals surface area contributed by atoms with Gasteiger partial charge in [-0.1, -0.05) is 12.0 Å². The van der Waals surface area contributed by atoms with Crippen LogP contribution in [-0.4, -0.2) is 53.5 Å². The molecular formula is C13H16N2O3S. The van der Waals surface area contributed by atoms with Gasteiger partial charge < -0.3 is 10.0 Å². The van der Waals surface area contributed by atoms with E-state index in [-0.39, 0.29) is 25.5 Å². The van der Waals surface area contributed by atoms with E-state index >= 15 is 0 Å². The molecule has 0 radical (unpaired) electrons. The summed E-state index contributed by atoms with van der Waals surface area (Å²) in [6.45, 7) is 0.444. The second-order valence-corrected chi connectivity index (χ2v) is 5.10. The van der Waals surface area contributed by atoms with Crippen LogP contribution in [0.3, 0.4) is 0 Å². The molecule has 0 atom stereocenters. The molecule has 1 aromatic heterocycles. The Morgan fingerprint density at radius 2 is 2.21 bits per heavy atom. The predicted molar refractivity (Wildman–Crippen MR) is 73.7 cm³/mol. The van der Waals surface area contributed by atoms with E-state index in [1.807, 2.05) is 17.5 Å². The zero-order valence-corrected chi connectivity index (χ0v) is 11.5. The van der Waals surface area contributed by atoms with Crippen molar-refractivity contribution in [1.29, 1.82) is 0 Å². The van der Waals surface area contributed by atoms with E-state index < -0.39 is 5.97 Å². The van der Waals surface area contributed by atoms with Crippen molar-refractivity contribution in [2.45, 2.75) is 6.54 Å². The average Bonchev–Trinajstić information content (AvgIpc) is 2.81. The van der Waals surface area contributed by atoms with Gasteiger partial charge in [0, 0.05) is 11.9 Å². The third-order valence-corrected chi connectivity index (χ3v) is 3.29. The van der Waals surface area contributed by atoms with Gasteiger partial charge in [-0.3, -0.25) is 14.5 Å². The summed E-state index contributed by atoms with van der Waals surface area (Å²) in [6.07, 6.45) is 5.16. The Morgan fingerprint density at radius 3 is 2.74 bits per heavy atom. The summed E-state index contributed by atoms with van der Waals surface area (Å²) in [5, 5.41) is 10.7. The number of carboxylic acid groups (broad SMARTS) is 1. The quantitative estimate of drug-likeness (QED) is 0.748. The first-order valence-corrected chi connectivity index (χ1v) is 6.55. The molecule has 0 unspecified atom stereocenters. The van der Waals surface area contributed by atoms with Crippen LogP contribution < -0.4 is 0 Å². The van der Waals surface area contributed by atoms with Gasteiger partial charge in [-0.25, -0.2) is 0 Å². The number of carbonyl (C=O) groups is 2. The zero-order chi connectivity index (χ0) is 14.3. The van der Waals surface area contributed by atoms with E-state index in [1.54, 1.807) is 23.3 Å². The summed E-state index contributed by atoms with van der Waals surface area (Å²) in [5.41, 5.74) is 0. The Kier molecular flexibility index (Phi) is 6.06. The topological polar surface area (TPSA) is 60.9 Å². The third-order valence-electron chi connectivity index (χ3n) is 2.43. The number of aliphatic carboxylic acids is 1. The lowest BCUT2D eigenvalue weighted by Gasteiger charge is -2.21. The predicted octanol–water partition coefficient (Wildman–Crippen LogP) is 0.726. The van der Waals surface area contributed by atoms with Crippen LogP contribution in [0.5, 0.6) is 0 Å². The second kappa shape index (κ2) is 7.56. The molecule has 102 valence electrons. The van der Waals surface area contributed by atoms with Crippen molar-refractivity contribution in [3.05, 3.63) is 22.4 Å². The maximum absolute atomic E-state index is 12.0. The highest BCUT2D eigenvalue weighted by Gasteiger charge is 2.16. The summed E-state index contributed by atoms with van der Waals surface area (Å²) < 4.78 is 0. The second-order valence-electron chi connectivity index (χ2n) is 4.07. The molecule has 5 nitrogen and oxygen atoms in total. The molecule has 0 aliphatic rings. The highest BCUT2D eigenvalue weighted by molar-refractivity contribution is 7.09. The van der Waals surface area contributed by atoms with Crippen molar-refractivity contribution in [2.75, 3.05) is 26.7 Å². The Balaban J connectivity index is 2.51. The van der Waals surface area contributed by atoms with Gasteiger partial charge in [0.2, 0.25) is 5.91 Å². The number of nitrogens with zero attached hydrogens (tertiary/aromatic N) is 2. The van der Waals surface area contributed by atoms with Crippen molar-refractivity contribution in [1.82, 2.24) is 9.80 Å². The highest BCUT2D eigenvalue weighted by atomic mass is 32.1. The van der Waals surface area contributed by atoms with E-state index in [1.165, 1.54) is 4.90 Å².